The van der Waals surface area contributed by atoms with E-state index in [1.165, 1.54) is 0 Å². The fraction of sp³-hybridized carbons (Fsp3) is 0.455. The third kappa shape index (κ3) is 3.64. The molecule has 1 aromatic carbocycles. The van der Waals surface area contributed by atoms with E-state index in [1.54, 1.807) is 0 Å². The smallest absolute Gasteiger partial charge is 0.213 e. The van der Waals surface area contributed by atoms with Gasteiger partial charge in [-0.05, 0) is 16.5 Å². The van der Waals surface area contributed by atoms with Gasteiger partial charge in [-0.3, -0.25) is 0 Å². The van der Waals surface area contributed by atoms with Crippen LogP contribution in [0.25, 0.3) is 0 Å². The van der Waals surface area contributed by atoms with Crippen molar-refractivity contribution in [3.8, 4) is 0 Å². The zero-order valence-corrected chi connectivity index (χ0v) is 10.1. The average Bonchev–Trinajstić information content (AvgIpc) is 1.99. The summed E-state index contributed by atoms with van der Waals surface area (Å²) in [5, 5.41) is 5.05. The van der Waals surface area contributed by atoms with Crippen LogP contribution in [0.4, 0.5) is 0 Å². The molecule has 2 N–H and O–H groups in total. The van der Waals surface area contributed by atoms with Crippen LogP contribution < -0.4 is 5.14 Å². The topological polar surface area (TPSA) is 60.2 Å². The Balaban J connectivity index is 3.19. The number of nitrogens with two attached hydrogens (primary N) is 1. The summed E-state index contributed by atoms with van der Waals surface area (Å²) in [6.07, 6.45) is 0. The van der Waals surface area contributed by atoms with Crippen LogP contribution in [0.5, 0.6) is 0 Å². The van der Waals surface area contributed by atoms with Crippen molar-refractivity contribution in [3.63, 3.8) is 0 Å². The number of hydrogen-bond donors (Lipinski definition) is 1. The zero-order valence-electron chi connectivity index (χ0n) is 9.32. The highest BCUT2D eigenvalue weighted by molar-refractivity contribution is 7.88. The Kier molecular flexibility index (Phi) is 3.21. The van der Waals surface area contributed by atoms with E-state index in [0.717, 1.165) is 11.1 Å². The van der Waals surface area contributed by atoms with Crippen LogP contribution in [0.3, 0.4) is 0 Å². The second kappa shape index (κ2) is 3.94. The molecule has 0 amide bonds. The quantitative estimate of drug-likeness (QED) is 0.837. The molecule has 0 fully saturated rings. The van der Waals surface area contributed by atoms with Gasteiger partial charge in [0.1, 0.15) is 0 Å². The molecule has 3 nitrogen and oxygen atoms in total. The van der Waals surface area contributed by atoms with Gasteiger partial charge in [-0.2, -0.15) is 0 Å². The van der Waals surface area contributed by atoms with E-state index in [-0.39, 0.29) is 11.2 Å². The fourth-order valence-corrected chi connectivity index (χ4v) is 2.28. The molecule has 0 aliphatic heterocycles. The zero-order chi connectivity index (χ0) is 11.7. The van der Waals surface area contributed by atoms with Crippen LogP contribution in [0.15, 0.2) is 24.3 Å². The van der Waals surface area contributed by atoms with Gasteiger partial charge in [0.15, 0.2) is 0 Å². The number of benzene rings is 1. The van der Waals surface area contributed by atoms with Gasteiger partial charge in [0.25, 0.3) is 0 Å². The predicted octanol–water partition coefficient (Wildman–Crippen LogP) is 1.77. The van der Waals surface area contributed by atoms with E-state index >= 15 is 0 Å². The molecule has 0 heterocycles. The molecule has 1 aromatic rings. The van der Waals surface area contributed by atoms with E-state index in [2.05, 4.69) is 20.8 Å². The lowest BCUT2D eigenvalue weighted by Crippen LogP contribution is -2.19. The van der Waals surface area contributed by atoms with Gasteiger partial charge in [-0.15, -0.1) is 0 Å². The van der Waals surface area contributed by atoms with Crippen LogP contribution in [0, 0.1) is 0 Å². The lowest BCUT2D eigenvalue weighted by Gasteiger charge is -2.22. The van der Waals surface area contributed by atoms with E-state index < -0.39 is 10.0 Å². The second-order valence-electron chi connectivity index (χ2n) is 4.71. The van der Waals surface area contributed by atoms with Gasteiger partial charge in [-0.1, -0.05) is 45.0 Å². The lowest BCUT2D eigenvalue weighted by molar-refractivity contribution is 0.580. The molecular formula is C11H17NO2S. The van der Waals surface area contributed by atoms with Gasteiger partial charge in [0.2, 0.25) is 10.0 Å². The highest BCUT2D eigenvalue weighted by Crippen LogP contribution is 2.26. The maximum atomic E-state index is 11.1. The Labute approximate surface area is 91.4 Å². The molecule has 0 spiro atoms. The minimum absolute atomic E-state index is 0.0682. The SMILES string of the molecule is CC(C)(C)c1ccccc1CS(N)(=O)=O. The van der Waals surface area contributed by atoms with Crippen LogP contribution in [0.2, 0.25) is 0 Å². The summed E-state index contributed by atoms with van der Waals surface area (Å²) < 4.78 is 22.1. The molecule has 0 saturated heterocycles. The molecule has 0 bridgehead atoms. The number of primary sulfonamides is 1. The Morgan fingerprint density at radius 2 is 1.73 bits per heavy atom. The van der Waals surface area contributed by atoms with Crippen LogP contribution >= 0.6 is 0 Å². The first-order chi connectivity index (χ1) is 6.70. The third-order valence-electron chi connectivity index (χ3n) is 2.18. The molecule has 0 atom stereocenters. The molecular weight excluding hydrogens is 210 g/mol. The van der Waals surface area contributed by atoms with Crippen LogP contribution in [-0.4, -0.2) is 8.42 Å². The summed E-state index contributed by atoms with van der Waals surface area (Å²) in [5.74, 6) is -0.0968. The first kappa shape index (κ1) is 12.2. The molecule has 84 valence electrons. The molecule has 0 aromatic heterocycles. The van der Waals surface area contributed by atoms with Gasteiger partial charge < -0.3 is 0 Å². The van der Waals surface area contributed by atoms with Crippen molar-refractivity contribution in [1.29, 1.82) is 0 Å². The normalized spacial score (nSPS) is 12.8. The van der Waals surface area contributed by atoms with Crippen LogP contribution in [-0.2, 0) is 21.2 Å². The largest absolute Gasteiger partial charge is 0.228 e. The standard InChI is InChI=1S/C11H17NO2S/c1-11(2,3)10-7-5-4-6-9(10)8-15(12,13)14/h4-7H,8H2,1-3H3,(H2,12,13,14). The maximum absolute atomic E-state index is 11.1. The molecule has 0 aliphatic carbocycles. The third-order valence-corrected chi connectivity index (χ3v) is 2.90. The van der Waals surface area contributed by atoms with Crippen molar-refractivity contribution in [2.24, 2.45) is 5.14 Å². The fourth-order valence-electron chi connectivity index (χ4n) is 1.59. The molecule has 1 rings (SSSR count). The van der Waals surface area contributed by atoms with E-state index in [9.17, 15) is 8.42 Å². The van der Waals surface area contributed by atoms with Gasteiger partial charge in [-0.25, -0.2) is 13.6 Å². The molecule has 4 heteroatoms. The molecule has 0 aliphatic rings. The first-order valence-corrected chi connectivity index (χ1v) is 6.50. The summed E-state index contributed by atoms with van der Waals surface area (Å²) in [4.78, 5) is 0. The van der Waals surface area contributed by atoms with E-state index in [4.69, 9.17) is 5.14 Å². The molecule has 15 heavy (non-hydrogen) atoms. The minimum atomic E-state index is -3.46. The predicted molar refractivity (Wildman–Crippen MR) is 62.0 cm³/mol. The Morgan fingerprint density at radius 1 is 1.20 bits per heavy atom. The van der Waals surface area contributed by atoms with Crippen molar-refractivity contribution < 1.29 is 8.42 Å². The maximum Gasteiger partial charge on any atom is 0.213 e. The lowest BCUT2D eigenvalue weighted by atomic mass is 9.84. The monoisotopic (exact) mass is 227 g/mol. The number of sulfonamides is 1. The summed E-state index contributed by atoms with van der Waals surface area (Å²) in [5.41, 5.74) is 1.74. The average molecular weight is 227 g/mol. The van der Waals surface area contributed by atoms with Crippen molar-refractivity contribution in [1.82, 2.24) is 0 Å². The van der Waals surface area contributed by atoms with E-state index in [0.29, 0.717) is 0 Å². The van der Waals surface area contributed by atoms with Crippen LogP contribution in [0.1, 0.15) is 31.9 Å². The van der Waals surface area contributed by atoms with Crippen molar-refractivity contribution in [3.05, 3.63) is 35.4 Å². The number of rotatable bonds is 2. The number of hydrogen-bond acceptors (Lipinski definition) is 2. The Hall–Kier alpha value is -0.870. The molecule has 0 saturated carbocycles. The van der Waals surface area contributed by atoms with Crippen molar-refractivity contribution in [2.45, 2.75) is 31.9 Å². The first-order valence-electron chi connectivity index (χ1n) is 4.79. The summed E-state index contributed by atoms with van der Waals surface area (Å²) in [6, 6.07) is 7.49. The van der Waals surface area contributed by atoms with Crippen molar-refractivity contribution >= 4 is 10.0 Å². The molecule has 0 radical (unpaired) electrons. The summed E-state index contributed by atoms with van der Waals surface area (Å²) in [6.45, 7) is 6.15. The summed E-state index contributed by atoms with van der Waals surface area (Å²) in [7, 11) is -3.46. The Bertz CT molecular complexity index is 444. The van der Waals surface area contributed by atoms with E-state index in [1.807, 2.05) is 24.3 Å². The highest BCUT2D eigenvalue weighted by Gasteiger charge is 2.19. The summed E-state index contributed by atoms with van der Waals surface area (Å²) >= 11 is 0. The van der Waals surface area contributed by atoms with Gasteiger partial charge in [0, 0.05) is 0 Å². The Morgan fingerprint density at radius 3 is 2.20 bits per heavy atom. The minimum Gasteiger partial charge on any atom is -0.228 e. The van der Waals surface area contributed by atoms with Crippen molar-refractivity contribution in [2.75, 3.05) is 0 Å². The highest BCUT2D eigenvalue weighted by atomic mass is 32.2. The van der Waals surface area contributed by atoms with Gasteiger partial charge >= 0.3 is 0 Å². The molecule has 0 unspecified atom stereocenters. The second-order valence-corrected chi connectivity index (χ2v) is 6.33. The van der Waals surface area contributed by atoms with Gasteiger partial charge in [0.05, 0.1) is 5.75 Å².